The fourth-order valence-corrected chi connectivity index (χ4v) is 3.00. The van der Waals surface area contributed by atoms with E-state index in [1.54, 1.807) is 18.3 Å². The van der Waals surface area contributed by atoms with E-state index in [0.717, 1.165) is 24.3 Å². The number of halogens is 1. The molecule has 0 saturated carbocycles. The molecule has 1 aliphatic heterocycles. The number of benzene rings is 1. The number of nitrogens with zero attached hydrogens (tertiary/aromatic N) is 4. The van der Waals surface area contributed by atoms with Gasteiger partial charge < -0.3 is 14.6 Å². The molecule has 6 nitrogen and oxygen atoms in total. The molecule has 4 rings (SSSR count). The maximum absolute atomic E-state index is 14.6. The van der Waals surface area contributed by atoms with E-state index in [0.29, 0.717) is 30.0 Å². The molecule has 0 aliphatic carbocycles. The Morgan fingerprint density at radius 1 is 1.21 bits per heavy atom. The van der Waals surface area contributed by atoms with Crippen LogP contribution < -0.4 is 4.90 Å². The van der Waals surface area contributed by atoms with Crippen LogP contribution in [0.25, 0.3) is 22.2 Å². The average molecular weight is 323 g/mol. The van der Waals surface area contributed by atoms with Crippen LogP contribution >= 0.6 is 0 Å². The second kappa shape index (κ2) is 5.91. The van der Waals surface area contributed by atoms with Gasteiger partial charge >= 0.3 is 0 Å². The topological polar surface area (TPSA) is 77.8 Å². The second-order valence-corrected chi connectivity index (χ2v) is 5.50. The zero-order valence-electron chi connectivity index (χ0n) is 12.8. The number of aromatic nitrogens is 3. The average Bonchev–Trinajstić information content (AvgIpc) is 3.07. The molecule has 3 heterocycles. The van der Waals surface area contributed by atoms with Crippen LogP contribution in [0, 0.1) is 17.1 Å². The first kappa shape index (κ1) is 14.6. The summed E-state index contributed by atoms with van der Waals surface area (Å²) < 4.78 is 20.0. The van der Waals surface area contributed by atoms with Crippen molar-refractivity contribution in [3.8, 4) is 17.2 Å². The molecule has 1 aliphatic rings. The van der Waals surface area contributed by atoms with Crippen molar-refractivity contribution in [3.05, 3.63) is 42.1 Å². The van der Waals surface area contributed by atoms with E-state index < -0.39 is 5.82 Å². The largest absolute Gasteiger partial charge is 0.378 e. The van der Waals surface area contributed by atoms with Gasteiger partial charge in [-0.1, -0.05) is 12.1 Å². The molecule has 24 heavy (non-hydrogen) atoms. The van der Waals surface area contributed by atoms with Crippen molar-refractivity contribution in [2.24, 2.45) is 0 Å². The number of fused-ring (bicyclic) bond motifs is 1. The summed E-state index contributed by atoms with van der Waals surface area (Å²) in [5.74, 6) is 0.221. The molecule has 0 amide bonds. The van der Waals surface area contributed by atoms with Gasteiger partial charge in [-0.2, -0.15) is 5.26 Å². The molecular weight excluding hydrogens is 309 g/mol. The van der Waals surface area contributed by atoms with Crippen LogP contribution in [0.5, 0.6) is 0 Å². The number of nitriles is 1. The van der Waals surface area contributed by atoms with Crippen LogP contribution in [-0.2, 0) is 4.74 Å². The fraction of sp³-hybridized carbons (Fsp3) is 0.235. The maximum atomic E-state index is 14.6. The molecule has 1 aromatic carbocycles. The molecule has 120 valence electrons. The lowest BCUT2D eigenvalue weighted by Gasteiger charge is -2.28. The molecule has 0 unspecified atom stereocenters. The summed E-state index contributed by atoms with van der Waals surface area (Å²) in [5.41, 5.74) is 1.68. The summed E-state index contributed by atoms with van der Waals surface area (Å²) >= 11 is 0. The van der Waals surface area contributed by atoms with Gasteiger partial charge in [-0.15, -0.1) is 0 Å². The lowest BCUT2D eigenvalue weighted by atomic mass is 10.0. The van der Waals surface area contributed by atoms with Crippen molar-refractivity contribution in [2.45, 2.75) is 0 Å². The number of anilines is 1. The Labute approximate surface area is 137 Å². The van der Waals surface area contributed by atoms with Crippen molar-refractivity contribution in [2.75, 3.05) is 31.2 Å². The van der Waals surface area contributed by atoms with E-state index in [9.17, 15) is 4.39 Å². The van der Waals surface area contributed by atoms with Crippen LogP contribution in [0.4, 0.5) is 10.2 Å². The van der Waals surface area contributed by atoms with Crippen LogP contribution in [0.15, 0.2) is 30.7 Å². The molecule has 1 saturated heterocycles. The lowest BCUT2D eigenvalue weighted by molar-refractivity contribution is 0.122. The van der Waals surface area contributed by atoms with E-state index in [-0.39, 0.29) is 5.56 Å². The molecular formula is C17H14FN5O. The number of morpholine rings is 1. The van der Waals surface area contributed by atoms with Crippen LogP contribution in [0.2, 0.25) is 0 Å². The Morgan fingerprint density at radius 2 is 2.04 bits per heavy atom. The van der Waals surface area contributed by atoms with Gasteiger partial charge in [-0.25, -0.2) is 14.4 Å². The van der Waals surface area contributed by atoms with Crippen molar-refractivity contribution in [3.63, 3.8) is 0 Å². The van der Waals surface area contributed by atoms with Gasteiger partial charge in [0.15, 0.2) is 0 Å². The van der Waals surface area contributed by atoms with Crippen molar-refractivity contribution >= 4 is 16.9 Å². The first-order valence-corrected chi connectivity index (χ1v) is 7.63. The molecule has 3 aromatic rings. The van der Waals surface area contributed by atoms with Crippen LogP contribution in [-0.4, -0.2) is 41.3 Å². The van der Waals surface area contributed by atoms with Crippen LogP contribution in [0.3, 0.4) is 0 Å². The Kier molecular flexibility index (Phi) is 3.59. The smallest absolute Gasteiger partial charge is 0.148 e. The van der Waals surface area contributed by atoms with Crippen molar-refractivity contribution < 1.29 is 9.13 Å². The predicted octanol–water partition coefficient (Wildman–Crippen LogP) is 2.47. The Morgan fingerprint density at radius 3 is 2.83 bits per heavy atom. The minimum Gasteiger partial charge on any atom is -0.378 e. The minimum atomic E-state index is -0.530. The van der Waals surface area contributed by atoms with E-state index in [1.807, 2.05) is 6.07 Å². The van der Waals surface area contributed by atoms with E-state index in [2.05, 4.69) is 19.9 Å². The summed E-state index contributed by atoms with van der Waals surface area (Å²) in [4.78, 5) is 13.8. The number of ether oxygens (including phenoxy) is 1. The molecule has 2 aromatic heterocycles. The van der Waals surface area contributed by atoms with Gasteiger partial charge in [0.2, 0.25) is 0 Å². The van der Waals surface area contributed by atoms with Crippen molar-refractivity contribution in [1.82, 2.24) is 15.0 Å². The third-order valence-electron chi connectivity index (χ3n) is 4.17. The normalized spacial score (nSPS) is 14.8. The van der Waals surface area contributed by atoms with E-state index in [4.69, 9.17) is 10.00 Å². The molecule has 0 radical (unpaired) electrons. The standard InChI is InChI=1S/C17H14FN5O/c18-15-11(8-19)2-1-3-12(15)13-9-20-16-14(13)17(22-10-21-16)23-4-6-24-7-5-23/h1-3,9-10H,4-7H2,(H,20,21,22). The molecule has 0 atom stereocenters. The highest BCUT2D eigenvalue weighted by molar-refractivity contribution is 6.01. The highest BCUT2D eigenvalue weighted by Gasteiger charge is 2.21. The Balaban J connectivity index is 1.93. The summed E-state index contributed by atoms with van der Waals surface area (Å²) in [5, 5.41) is 9.83. The lowest BCUT2D eigenvalue weighted by Crippen LogP contribution is -2.36. The van der Waals surface area contributed by atoms with Gasteiger partial charge in [0.1, 0.15) is 29.7 Å². The van der Waals surface area contributed by atoms with Crippen molar-refractivity contribution in [1.29, 1.82) is 5.26 Å². The van der Waals surface area contributed by atoms with Gasteiger partial charge in [0, 0.05) is 30.4 Å². The monoisotopic (exact) mass is 323 g/mol. The zero-order valence-corrected chi connectivity index (χ0v) is 12.8. The quantitative estimate of drug-likeness (QED) is 0.784. The molecule has 7 heteroatoms. The molecule has 0 spiro atoms. The predicted molar refractivity (Wildman–Crippen MR) is 87.0 cm³/mol. The molecule has 0 bridgehead atoms. The first-order chi connectivity index (χ1) is 11.8. The highest BCUT2D eigenvalue weighted by atomic mass is 19.1. The minimum absolute atomic E-state index is 0.0200. The first-order valence-electron chi connectivity index (χ1n) is 7.63. The Hall–Kier alpha value is -2.98. The number of aromatic amines is 1. The SMILES string of the molecule is N#Cc1cccc(-c2c[nH]c3ncnc(N4CCOCC4)c23)c1F. The summed E-state index contributed by atoms with van der Waals surface area (Å²) in [7, 11) is 0. The van der Waals surface area contributed by atoms with Gasteiger partial charge in [-0.3, -0.25) is 0 Å². The number of H-pyrrole nitrogens is 1. The number of rotatable bonds is 2. The highest BCUT2D eigenvalue weighted by Crippen LogP contribution is 2.35. The zero-order chi connectivity index (χ0) is 16.5. The third kappa shape index (κ3) is 2.28. The Bertz CT molecular complexity index is 940. The number of hydrogen-bond donors (Lipinski definition) is 1. The third-order valence-corrected chi connectivity index (χ3v) is 4.17. The second-order valence-electron chi connectivity index (χ2n) is 5.50. The summed E-state index contributed by atoms with van der Waals surface area (Å²) in [6.45, 7) is 2.70. The van der Waals surface area contributed by atoms with E-state index >= 15 is 0 Å². The van der Waals surface area contributed by atoms with Crippen LogP contribution in [0.1, 0.15) is 5.56 Å². The number of nitrogens with one attached hydrogen (secondary N) is 1. The van der Waals surface area contributed by atoms with Gasteiger partial charge in [0.25, 0.3) is 0 Å². The van der Waals surface area contributed by atoms with Gasteiger partial charge in [0.05, 0.1) is 24.2 Å². The fourth-order valence-electron chi connectivity index (χ4n) is 3.00. The number of hydrogen-bond acceptors (Lipinski definition) is 5. The summed E-state index contributed by atoms with van der Waals surface area (Å²) in [6.07, 6.45) is 3.21. The molecule has 1 N–H and O–H groups in total. The summed E-state index contributed by atoms with van der Waals surface area (Å²) in [6, 6.07) is 6.68. The molecule has 1 fully saturated rings. The van der Waals surface area contributed by atoms with E-state index in [1.165, 1.54) is 12.4 Å². The van der Waals surface area contributed by atoms with Gasteiger partial charge in [-0.05, 0) is 6.07 Å². The maximum Gasteiger partial charge on any atom is 0.148 e.